The average molecular weight is 263 g/mol. The molecule has 2 heterocycles. The lowest BCUT2D eigenvalue weighted by atomic mass is 10.3. The van der Waals surface area contributed by atoms with Gasteiger partial charge in [-0.2, -0.15) is 0 Å². The van der Waals surface area contributed by atoms with Crippen LogP contribution in [-0.4, -0.2) is 11.5 Å². The fourth-order valence-electron chi connectivity index (χ4n) is 1.18. The van der Waals surface area contributed by atoms with E-state index in [9.17, 15) is 0 Å². The molecule has 80 valence electrons. The van der Waals surface area contributed by atoms with Gasteiger partial charge in [-0.25, -0.2) is 4.98 Å². The maximum atomic E-state index is 5.99. The summed E-state index contributed by atoms with van der Waals surface area (Å²) in [6, 6.07) is 1.77. The molecule has 0 aliphatic carbocycles. The van der Waals surface area contributed by atoms with Crippen molar-refractivity contribution in [1.29, 1.82) is 0 Å². The summed E-state index contributed by atoms with van der Waals surface area (Å²) in [5, 5.41) is 0. The molecule has 2 N–H and O–H groups in total. The Morgan fingerprint density at radius 3 is 2.87 bits per heavy atom. The summed E-state index contributed by atoms with van der Waals surface area (Å²) in [7, 11) is 0. The lowest BCUT2D eigenvalue weighted by Crippen LogP contribution is -2.02. The minimum atomic E-state index is 0.512. The largest absolute Gasteiger partial charge is 0.441 e. The van der Waals surface area contributed by atoms with E-state index in [1.807, 2.05) is 0 Å². The summed E-state index contributed by atoms with van der Waals surface area (Å²) in [6.45, 7) is 0.512. The third-order valence-corrected chi connectivity index (χ3v) is 3.32. The molecule has 0 atom stereocenters. The number of nitrogens with two attached hydrogens (primary N) is 1. The molecule has 3 nitrogen and oxygen atoms in total. The van der Waals surface area contributed by atoms with E-state index in [0.717, 1.165) is 5.56 Å². The molecule has 2 aromatic heterocycles. The number of halogens is 2. The van der Waals surface area contributed by atoms with Crippen molar-refractivity contribution in [2.24, 2.45) is 5.73 Å². The summed E-state index contributed by atoms with van der Waals surface area (Å²) in [4.78, 5) is 4.09. The maximum Gasteiger partial charge on any atom is 0.196 e. The van der Waals surface area contributed by atoms with Crippen LogP contribution >= 0.6 is 34.5 Å². The van der Waals surface area contributed by atoms with Gasteiger partial charge in [-0.05, 0) is 6.07 Å². The van der Waals surface area contributed by atoms with Gasteiger partial charge in [0, 0.05) is 18.5 Å². The first-order chi connectivity index (χ1) is 7.20. The molecule has 0 saturated carbocycles. The van der Waals surface area contributed by atoms with Gasteiger partial charge < -0.3 is 10.2 Å². The fraction of sp³-hybridized carbons (Fsp3) is 0.222. The molecule has 2 aromatic rings. The minimum Gasteiger partial charge on any atom is -0.441 e. The van der Waals surface area contributed by atoms with Crippen LogP contribution < -0.4 is 5.73 Å². The van der Waals surface area contributed by atoms with Crippen molar-refractivity contribution < 1.29 is 4.42 Å². The molecule has 0 aromatic carbocycles. The molecule has 0 saturated heterocycles. The van der Waals surface area contributed by atoms with E-state index in [2.05, 4.69) is 4.98 Å². The second kappa shape index (κ2) is 4.53. The SMILES string of the molecule is NCCc1ncc(-c2cc(Cl)sc2Cl)o1. The molecule has 0 bridgehead atoms. The van der Waals surface area contributed by atoms with Crippen LogP contribution in [0, 0.1) is 0 Å². The highest BCUT2D eigenvalue weighted by Gasteiger charge is 2.12. The Labute approximate surface area is 101 Å². The summed E-state index contributed by atoms with van der Waals surface area (Å²) >= 11 is 13.1. The standard InChI is InChI=1S/C9H8Cl2N2OS/c10-7-3-5(9(11)15-7)6-4-13-8(14-6)1-2-12/h3-4H,1-2,12H2. The van der Waals surface area contributed by atoms with E-state index < -0.39 is 0 Å². The van der Waals surface area contributed by atoms with Crippen molar-refractivity contribution in [2.45, 2.75) is 6.42 Å². The Kier molecular flexibility index (Phi) is 3.31. The van der Waals surface area contributed by atoms with E-state index >= 15 is 0 Å². The highest BCUT2D eigenvalue weighted by Crippen LogP contribution is 2.38. The van der Waals surface area contributed by atoms with Crippen LogP contribution in [0.25, 0.3) is 11.3 Å². The van der Waals surface area contributed by atoms with E-state index in [4.69, 9.17) is 33.4 Å². The van der Waals surface area contributed by atoms with Crippen molar-refractivity contribution in [3.8, 4) is 11.3 Å². The van der Waals surface area contributed by atoms with Crippen molar-refractivity contribution in [1.82, 2.24) is 4.98 Å². The first-order valence-electron chi connectivity index (χ1n) is 4.30. The first kappa shape index (κ1) is 11.0. The van der Waals surface area contributed by atoms with Gasteiger partial charge in [0.15, 0.2) is 11.7 Å². The van der Waals surface area contributed by atoms with Gasteiger partial charge in [-0.1, -0.05) is 23.2 Å². The van der Waals surface area contributed by atoms with Gasteiger partial charge in [-0.3, -0.25) is 0 Å². The normalized spacial score (nSPS) is 10.9. The van der Waals surface area contributed by atoms with Crippen molar-refractivity contribution in [3.05, 3.63) is 26.8 Å². The average Bonchev–Trinajstić information content (AvgIpc) is 2.73. The van der Waals surface area contributed by atoms with Crippen molar-refractivity contribution in [3.63, 3.8) is 0 Å². The minimum absolute atomic E-state index is 0.512. The van der Waals surface area contributed by atoms with E-state index in [1.54, 1.807) is 12.3 Å². The van der Waals surface area contributed by atoms with E-state index in [1.165, 1.54) is 11.3 Å². The zero-order valence-electron chi connectivity index (χ0n) is 7.67. The number of oxazole rings is 1. The van der Waals surface area contributed by atoms with Crippen LogP contribution in [0.5, 0.6) is 0 Å². The number of hydrogen-bond acceptors (Lipinski definition) is 4. The third kappa shape index (κ3) is 2.34. The van der Waals surface area contributed by atoms with Gasteiger partial charge in [0.25, 0.3) is 0 Å². The Balaban J connectivity index is 2.32. The van der Waals surface area contributed by atoms with Crippen LogP contribution in [0.4, 0.5) is 0 Å². The number of nitrogens with zero attached hydrogens (tertiary/aromatic N) is 1. The number of hydrogen-bond donors (Lipinski definition) is 1. The molecule has 0 unspecified atom stereocenters. The summed E-state index contributed by atoms with van der Waals surface area (Å²) in [5.41, 5.74) is 6.18. The van der Waals surface area contributed by atoms with Crippen LogP contribution in [0.1, 0.15) is 5.89 Å². The zero-order chi connectivity index (χ0) is 10.8. The van der Waals surface area contributed by atoms with Crippen LogP contribution in [-0.2, 0) is 6.42 Å². The van der Waals surface area contributed by atoms with Crippen LogP contribution in [0.15, 0.2) is 16.7 Å². The van der Waals surface area contributed by atoms with Crippen LogP contribution in [0.3, 0.4) is 0 Å². The fourth-order valence-corrected chi connectivity index (χ4v) is 2.66. The molecule has 0 aliphatic rings. The predicted octanol–water partition coefficient (Wildman–Crippen LogP) is 3.21. The quantitative estimate of drug-likeness (QED) is 0.925. The number of aromatic nitrogens is 1. The van der Waals surface area contributed by atoms with Gasteiger partial charge in [-0.15, -0.1) is 11.3 Å². The molecule has 0 amide bonds. The summed E-state index contributed by atoms with van der Waals surface area (Å²) in [6.07, 6.45) is 2.25. The summed E-state index contributed by atoms with van der Waals surface area (Å²) in [5.74, 6) is 1.25. The number of rotatable bonds is 3. The summed E-state index contributed by atoms with van der Waals surface area (Å²) < 4.78 is 6.71. The van der Waals surface area contributed by atoms with E-state index in [0.29, 0.717) is 33.3 Å². The topological polar surface area (TPSA) is 52.0 Å². The Morgan fingerprint density at radius 2 is 2.27 bits per heavy atom. The second-order valence-electron chi connectivity index (χ2n) is 2.89. The predicted molar refractivity (Wildman–Crippen MR) is 62.6 cm³/mol. The van der Waals surface area contributed by atoms with Crippen molar-refractivity contribution >= 4 is 34.5 Å². The molecule has 2 rings (SSSR count). The molecule has 0 spiro atoms. The van der Waals surface area contributed by atoms with Gasteiger partial charge >= 0.3 is 0 Å². The zero-order valence-corrected chi connectivity index (χ0v) is 9.99. The van der Waals surface area contributed by atoms with Gasteiger partial charge in [0.05, 0.1) is 10.5 Å². The molecule has 0 fully saturated rings. The van der Waals surface area contributed by atoms with E-state index in [-0.39, 0.29) is 0 Å². The first-order valence-corrected chi connectivity index (χ1v) is 5.88. The smallest absolute Gasteiger partial charge is 0.196 e. The van der Waals surface area contributed by atoms with Crippen molar-refractivity contribution in [2.75, 3.05) is 6.54 Å². The molecule has 0 aliphatic heterocycles. The Bertz CT molecular complexity index is 466. The Morgan fingerprint density at radius 1 is 1.47 bits per heavy atom. The van der Waals surface area contributed by atoms with Crippen LogP contribution in [0.2, 0.25) is 8.67 Å². The van der Waals surface area contributed by atoms with Gasteiger partial charge in [0.2, 0.25) is 0 Å². The third-order valence-electron chi connectivity index (χ3n) is 1.83. The highest BCUT2D eigenvalue weighted by molar-refractivity contribution is 7.20. The molecular weight excluding hydrogens is 255 g/mol. The molecular formula is C9H8Cl2N2OS. The molecule has 15 heavy (non-hydrogen) atoms. The molecule has 6 heteroatoms. The monoisotopic (exact) mass is 262 g/mol. The second-order valence-corrected chi connectivity index (χ2v) is 5.18. The van der Waals surface area contributed by atoms with Gasteiger partial charge in [0.1, 0.15) is 4.34 Å². The highest BCUT2D eigenvalue weighted by atomic mass is 35.5. The lowest BCUT2D eigenvalue weighted by molar-refractivity contribution is 0.508. The Hall–Kier alpha value is -0.550. The number of thiophene rings is 1. The maximum absolute atomic E-state index is 5.99. The molecule has 0 radical (unpaired) electrons. The lowest BCUT2D eigenvalue weighted by Gasteiger charge is -1.91.